The molecule has 210 valence electrons. The van der Waals surface area contributed by atoms with E-state index in [9.17, 15) is 13.2 Å². The van der Waals surface area contributed by atoms with Crippen molar-refractivity contribution < 1.29 is 17.9 Å². The van der Waals surface area contributed by atoms with Gasteiger partial charge in [0.05, 0.1) is 46.6 Å². The van der Waals surface area contributed by atoms with Gasteiger partial charge in [0.25, 0.3) is 5.91 Å². The SMILES string of the molecule is CCOc1cncc(-c2cnc(C(=O)NC(CCCN(C)C)c3cc(NS(=O)(=O)C4CCCC4)ccn3)s2)n1. The summed E-state index contributed by atoms with van der Waals surface area (Å²) in [6.45, 7) is 3.17. The minimum absolute atomic E-state index is 0.282. The molecule has 1 fully saturated rings. The molecule has 0 spiro atoms. The molecule has 0 radical (unpaired) electrons. The highest BCUT2D eigenvalue weighted by Gasteiger charge is 2.29. The Morgan fingerprint density at radius 1 is 1.21 bits per heavy atom. The summed E-state index contributed by atoms with van der Waals surface area (Å²) in [5.74, 6) is 0.0682. The Hall–Kier alpha value is -3.16. The van der Waals surface area contributed by atoms with E-state index in [0.29, 0.717) is 53.7 Å². The lowest BCUT2D eigenvalue weighted by Gasteiger charge is -2.20. The van der Waals surface area contributed by atoms with Gasteiger partial charge >= 0.3 is 0 Å². The number of rotatable bonds is 13. The molecule has 0 aliphatic heterocycles. The number of nitrogens with zero attached hydrogens (tertiary/aromatic N) is 5. The Labute approximate surface area is 233 Å². The first-order valence-corrected chi connectivity index (χ1v) is 15.5. The van der Waals surface area contributed by atoms with Crippen molar-refractivity contribution in [2.45, 2.75) is 56.7 Å². The van der Waals surface area contributed by atoms with Crippen LogP contribution < -0.4 is 14.8 Å². The fourth-order valence-corrected chi connectivity index (χ4v) is 6.81. The summed E-state index contributed by atoms with van der Waals surface area (Å²) in [6, 6.07) is 2.91. The van der Waals surface area contributed by atoms with Gasteiger partial charge in [0, 0.05) is 12.4 Å². The van der Waals surface area contributed by atoms with Crippen LogP contribution in [0.4, 0.5) is 5.69 Å². The van der Waals surface area contributed by atoms with E-state index in [0.717, 1.165) is 25.8 Å². The van der Waals surface area contributed by atoms with E-state index in [1.54, 1.807) is 30.7 Å². The van der Waals surface area contributed by atoms with E-state index >= 15 is 0 Å². The maximum absolute atomic E-state index is 13.3. The Bertz CT molecular complexity index is 1360. The average molecular weight is 574 g/mol. The Kier molecular flexibility index (Phi) is 9.81. The molecule has 0 aromatic carbocycles. The second kappa shape index (κ2) is 13.3. The molecule has 2 N–H and O–H groups in total. The van der Waals surface area contributed by atoms with Crippen molar-refractivity contribution in [1.29, 1.82) is 0 Å². The van der Waals surface area contributed by atoms with Gasteiger partial charge in [-0.2, -0.15) is 0 Å². The summed E-state index contributed by atoms with van der Waals surface area (Å²) < 4.78 is 33.8. The van der Waals surface area contributed by atoms with Gasteiger partial charge in [-0.1, -0.05) is 12.8 Å². The second-order valence-corrected chi connectivity index (χ2v) is 12.7. The summed E-state index contributed by atoms with van der Waals surface area (Å²) in [5, 5.41) is 2.96. The van der Waals surface area contributed by atoms with Crippen LogP contribution in [-0.2, 0) is 10.0 Å². The average Bonchev–Trinajstić information content (AvgIpc) is 3.62. The number of hydrogen-bond acceptors (Lipinski definition) is 10. The minimum atomic E-state index is -3.48. The number of hydrogen-bond donors (Lipinski definition) is 2. The van der Waals surface area contributed by atoms with Gasteiger partial charge in [0.2, 0.25) is 15.9 Å². The molecular weight excluding hydrogens is 538 g/mol. The first kappa shape index (κ1) is 28.8. The lowest BCUT2D eigenvalue weighted by atomic mass is 10.1. The quantitative estimate of drug-likeness (QED) is 0.312. The molecule has 1 amide bonds. The fraction of sp³-hybridized carbons (Fsp3) is 0.500. The number of aromatic nitrogens is 4. The number of sulfonamides is 1. The van der Waals surface area contributed by atoms with Crippen LogP contribution in [-0.4, -0.2) is 71.7 Å². The molecule has 0 saturated heterocycles. The highest BCUT2D eigenvalue weighted by molar-refractivity contribution is 7.93. The van der Waals surface area contributed by atoms with Gasteiger partial charge in [-0.15, -0.1) is 11.3 Å². The van der Waals surface area contributed by atoms with Crippen LogP contribution in [0.2, 0.25) is 0 Å². The zero-order chi connectivity index (χ0) is 27.8. The van der Waals surface area contributed by atoms with Gasteiger partial charge in [0.1, 0.15) is 5.69 Å². The van der Waals surface area contributed by atoms with Gasteiger partial charge in [-0.05, 0) is 65.4 Å². The third-order valence-electron chi connectivity index (χ3n) is 6.40. The molecule has 4 rings (SSSR count). The molecular formula is C26H35N7O4S2. The molecule has 1 unspecified atom stereocenters. The number of amides is 1. The number of ether oxygens (including phenoxy) is 1. The van der Waals surface area contributed by atoms with Crippen LogP contribution >= 0.6 is 11.3 Å². The molecule has 13 heteroatoms. The van der Waals surface area contributed by atoms with Crippen LogP contribution in [0, 0.1) is 0 Å². The third-order valence-corrected chi connectivity index (χ3v) is 9.29. The standard InChI is InChI=1S/C26H35N7O4S2/c1-4-37-24-17-27-15-22(30-24)23-16-29-26(38-23)25(34)31-20(10-7-13-33(2)3)21-14-18(11-12-28-21)32-39(35,36)19-8-5-6-9-19/h11-12,14-17,19-20H,4-10,13H2,1-3H3,(H,28,32)(H,31,34). The summed E-state index contributed by atoms with van der Waals surface area (Å²) in [7, 11) is 0.501. The van der Waals surface area contributed by atoms with Crippen molar-refractivity contribution in [3.8, 4) is 16.5 Å². The molecule has 1 atom stereocenters. The highest BCUT2D eigenvalue weighted by atomic mass is 32.2. The first-order chi connectivity index (χ1) is 18.7. The molecule has 3 aromatic rings. The van der Waals surface area contributed by atoms with Gasteiger partial charge in [-0.25, -0.2) is 18.4 Å². The van der Waals surface area contributed by atoms with Crippen LogP contribution in [0.5, 0.6) is 5.88 Å². The maximum Gasteiger partial charge on any atom is 0.280 e. The predicted octanol–water partition coefficient (Wildman–Crippen LogP) is 3.89. The van der Waals surface area contributed by atoms with Crippen molar-refractivity contribution in [2.75, 3.05) is 32.0 Å². The van der Waals surface area contributed by atoms with Gasteiger partial charge in [0.15, 0.2) is 5.01 Å². The number of nitrogens with one attached hydrogen (secondary N) is 2. The van der Waals surface area contributed by atoms with E-state index in [1.807, 2.05) is 21.0 Å². The number of carbonyl (C=O) groups excluding carboxylic acids is 1. The van der Waals surface area contributed by atoms with Gasteiger partial charge in [-0.3, -0.25) is 19.5 Å². The van der Waals surface area contributed by atoms with Crippen molar-refractivity contribution in [2.24, 2.45) is 0 Å². The Balaban J connectivity index is 1.51. The zero-order valence-electron chi connectivity index (χ0n) is 22.5. The molecule has 1 aliphatic carbocycles. The molecule has 3 heterocycles. The molecule has 0 bridgehead atoms. The summed E-state index contributed by atoms with van der Waals surface area (Å²) in [6.07, 6.45) is 10.9. The Morgan fingerprint density at radius 3 is 2.74 bits per heavy atom. The molecule has 1 saturated carbocycles. The van der Waals surface area contributed by atoms with E-state index in [-0.39, 0.29) is 16.2 Å². The largest absolute Gasteiger partial charge is 0.477 e. The zero-order valence-corrected chi connectivity index (χ0v) is 24.1. The molecule has 39 heavy (non-hydrogen) atoms. The van der Waals surface area contributed by atoms with E-state index in [4.69, 9.17) is 4.74 Å². The first-order valence-electron chi connectivity index (χ1n) is 13.1. The van der Waals surface area contributed by atoms with Crippen LogP contribution in [0.3, 0.4) is 0 Å². The van der Waals surface area contributed by atoms with Crippen LogP contribution in [0.15, 0.2) is 36.9 Å². The summed E-state index contributed by atoms with van der Waals surface area (Å²) >= 11 is 1.21. The Morgan fingerprint density at radius 2 is 2.00 bits per heavy atom. The molecule has 3 aromatic heterocycles. The van der Waals surface area contributed by atoms with Crippen molar-refractivity contribution in [1.82, 2.24) is 30.2 Å². The highest BCUT2D eigenvalue weighted by Crippen LogP contribution is 2.28. The smallest absolute Gasteiger partial charge is 0.280 e. The van der Waals surface area contributed by atoms with Gasteiger partial charge < -0.3 is 15.0 Å². The van der Waals surface area contributed by atoms with Crippen molar-refractivity contribution >= 4 is 33.0 Å². The van der Waals surface area contributed by atoms with E-state index < -0.39 is 16.1 Å². The summed E-state index contributed by atoms with van der Waals surface area (Å²) in [5.41, 5.74) is 1.60. The minimum Gasteiger partial charge on any atom is -0.477 e. The number of carbonyl (C=O) groups is 1. The third kappa shape index (κ3) is 7.93. The van der Waals surface area contributed by atoms with E-state index in [1.165, 1.54) is 17.5 Å². The number of thiazole rings is 1. The lowest BCUT2D eigenvalue weighted by molar-refractivity contribution is 0.0932. The molecule has 1 aliphatic rings. The fourth-order valence-electron chi connectivity index (χ4n) is 4.46. The van der Waals surface area contributed by atoms with Crippen LogP contribution in [0.1, 0.15) is 67.0 Å². The second-order valence-electron chi connectivity index (χ2n) is 9.70. The molecule has 11 nitrogen and oxygen atoms in total. The van der Waals surface area contributed by atoms with Crippen molar-refractivity contribution in [3.05, 3.63) is 47.6 Å². The lowest BCUT2D eigenvalue weighted by Crippen LogP contribution is -2.30. The van der Waals surface area contributed by atoms with Crippen LogP contribution in [0.25, 0.3) is 10.6 Å². The van der Waals surface area contributed by atoms with E-state index in [2.05, 4.69) is 34.9 Å². The predicted molar refractivity (Wildman–Crippen MR) is 151 cm³/mol. The van der Waals surface area contributed by atoms with Crippen molar-refractivity contribution in [3.63, 3.8) is 0 Å². The number of anilines is 1. The normalized spacial score (nSPS) is 14.9. The summed E-state index contributed by atoms with van der Waals surface area (Å²) in [4.78, 5) is 33.4. The monoisotopic (exact) mass is 573 g/mol. The topological polar surface area (TPSA) is 139 Å². The maximum atomic E-state index is 13.3. The number of pyridine rings is 1.